The van der Waals surface area contributed by atoms with E-state index in [1.165, 1.54) is 5.57 Å². The van der Waals surface area contributed by atoms with Gasteiger partial charge in [-0.1, -0.05) is 53.0 Å². The molecular weight excluding hydrogens is 280 g/mol. The first-order valence-electron chi connectivity index (χ1n) is 8.47. The van der Waals surface area contributed by atoms with E-state index in [2.05, 4.69) is 62.8 Å². The van der Waals surface area contributed by atoms with Crippen molar-refractivity contribution in [1.82, 2.24) is 9.80 Å². The summed E-state index contributed by atoms with van der Waals surface area (Å²) in [4.78, 5) is 4.19. The lowest BCUT2D eigenvalue weighted by Crippen LogP contribution is -2.24. The average Bonchev–Trinajstić information content (AvgIpc) is 2.52. The number of hydrogen-bond acceptors (Lipinski definition) is 2. The summed E-state index contributed by atoms with van der Waals surface area (Å²) in [5, 5.41) is 0. The molecule has 0 radical (unpaired) electrons. The van der Waals surface area contributed by atoms with Crippen LogP contribution in [0.5, 0.6) is 0 Å². The van der Waals surface area contributed by atoms with E-state index in [0.29, 0.717) is 12.0 Å². The summed E-state index contributed by atoms with van der Waals surface area (Å²) in [5.41, 5.74) is 3.51. The Morgan fingerprint density at radius 2 is 1.52 bits per heavy atom. The third kappa shape index (κ3) is 6.77. The zero-order chi connectivity index (χ0) is 18.0. The molecule has 0 fully saturated rings. The van der Waals surface area contributed by atoms with Gasteiger partial charge in [0.2, 0.25) is 0 Å². The van der Waals surface area contributed by atoms with Gasteiger partial charge in [-0.2, -0.15) is 0 Å². The van der Waals surface area contributed by atoms with Crippen LogP contribution in [0.3, 0.4) is 0 Å². The molecule has 0 unspecified atom stereocenters. The molecule has 2 aliphatic heterocycles. The molecule has 2 rings (SSSR count). The van der Waals surface area contributed by atoms with Crippen LogP contribution in [0.4, 0.5) is 0 Å². The van der Waals surface area contributed by atoms with Gasteiger partial charge in [-0.15, -0.1) is 0 Å². The predicted molar refractivity (Wildman–Crippen MR) is 105 cm³/mol. The maximum atomic E-state index is 4.00. The third-order valence-corrected chi connectivity index (χ3v) is 3.50. The lowest BCUT2D eigenvalue weighted by atomic mass is 9.98. The molecule has 0 aromatic carbocycles. The Morgan fingerprint density at radius 1 is 0.913 bits per heavy atom. The van der Waals surface area contributed by atoms with Crippen LogP contribution in [0, 0.1) is 5.92 Å². The minimum Gasteiger partial charge on any atom is -0.351 e. The summed E-state index contributed by atoms with van der Waals surface area (Å²) in [5.74, 6) is 0.565. The van der Waals surface area contributed by atoms with E-state index in [0.717, 1.165) is 11.4 Å². The summed E-state index contributed by atoms with van der Waals surface area (Å²) in [7, 11) is 2.02. The van der Waals surface area contributed by atoms with Crippen molar-refractivity contribution in [2.24, 2.45) is 5.92 Å². The van der Waals surface area contributed by atoms with Crippen LogP contribution in [0.1, 0.15) is 41.5 Å². The standard InChI is InChI=1S/C10H15N.C9H13N.C2H6/c1-8(2)10-6-5-7-11(4)9(10)3;1-8(2)10-7-5-4-6-9(10)3;1-2/h5-8H,3H2,1-2,4H3;4-8H,3H2,1-2H3;1-2H3. The Morgan fingerprint density at radius 3 is 1.91 bits per heavy atom. The van der Waals surface area contributed by atoms with E-state index in [1.54, 1.807) is 0 Å². The second-order valence-corrected chi connectivity index (χ2v) is 5.87. The van der Waals surface area contributed by atoms with Gasteiger partial charge in [0.15, 0.2) is 0 Å². The van der Waals surface area contributed by atoms with Gasteiger partial charge >= 0.3 is 0 Å². The molecule has 0 atom stereocenters. The zero-order valence-electron chi connectivity index (χ0n) is 16.0. The fourth-order valence-electron chi connectivity index (χ4n) is 2.19. The average molecular weight is 315 g/mol. The van der Waals surface area contributed by atoms with Gasteiger partial charge in [0.1, 0.15) is 0 Å². The highest BCUT2D eigenvalue weighted by Gasteiger charge is 2.11. The highest BCUT2D eigenvalue weighted by molar-refractivity contribution is 5.36. The molecule has 0 bridgehead atoms. The van der Waals surface area contributed by atoms with Crippen molar-refractivity contribution in [3.05, 3.63) is 72.9 Å². The van der Waals surface area contributed by atoms with Gasteiger partial charge < -0.3 is 9.80 Å². The molecule has 0 N–H and O–H groups in total. The molecule has 2 heteroatoms. The van der Waals surface area contributed by atoms with Crippen molar-refractivity contribution < 1.29 is 0 Å². The fraction of sp³-hybridized carbons (Fsp3) is 0.429. The molecule has 128 valence electrons. The first-order chi connectivity index (χ1) is 10.8. The predicted octanol–water partition coefficient (Wildman–Crippen LogP) is 5.86. The first kappa shape index (κ1) is 21.0. The lowest BCUT2D eigenvalue weighted by Gasteiger charge is -2.26. The molecule has 0 aromatic heterocycles. The second kappa shape index (κ2) is 10.7. The van der Waals surface area contributed by atoms with E-state index in [4.69, 9.17) is 0 Å². The monoisotopic (exact) mass is 314 g/mol. The minimum atomic E-state index is 0.508. The van der Waals surface area contributed by atoms with Crippen LogP contribution >= 0.6 is 0 Å². The van der Waals surface area contributed by atoms with E-state index >= 15 is 0 Å². The van der Waals surface area contributed by atoms with E-state index < -0.39 is 0 Å². The first-order valence-corrected chi connectivity index (χ1v) is 8.47. The van der Waals surface area contributed by atoms with Gasteiger partial charge in [0, 0.05) is 36.9 Å². The highest BCUT2D eigenvalue weighted by atomic mass is 15.1. The maximum absolute atomic E-state index is 4.00. The normalized spacial score (nSPS) is 16.1. The molecule has 0 saturated heterocycles. The van der Waals surface area contributed by atoms with Crippen LogP contribution in [0.2, 0.25) is 0 Å². The topological polar surface area (TPSA) is 6.48 Å². The van der Waals surface area contributed by atoms with Crippen molar-refractivity contribution >= 4 is 0 Å². The van der Waals surface area contributed by atoms with E-state index in [1.807, 2.05) is 51.5 Å². The molecule has 0 spiro atoms. The smallest absolute Gasteiger partial charge is 0.0365 e. The van der Waals surface area contributed by atoms with E-state index in [-0.39, 0.29) is 0 Å². The SMILES string of the molecule is C=C1C(C(C)C)=CC=CN1C.C=C1C=CC=CN1C(C)C.CC. The Labute approximate surface area is 143 Å². The number of hydrogen-bond donors (Lipinski definition) is 0. The van der Waals surface area contributed by atoms with Crippen molar-refractivity contribution in [1.29, 1.82) is 0 Å². The van der Waals surface area contributed by atoms with Crippen LogP contribution in [-0.4, -0.2) is 22.9 Å². The van der Waals surface area contributed by atoms with Crippen LogP contribution in [0.15, 0.2) is 72.9 Å². The molecule has 2 nitrogen and oxygen atoms in total. The van der Waals surface area contributed by atoms with E-state index in [9.17, 15) is 0 Å². The Bertz CT molecular complexity index is 502. The van der Waals surface area contributed by atoms with Gasteiger partial charge in [-0.05, 0) is 43.6 Å². The highest BCUT2D eigenvalue weighted by Crippen LogP contribution is 2.23. The molecule has 0 amide bonds. The lowest BCUT2D eigenvalue weighted by molar-refractivity contribution is 0.394. The van der Waals surface area contributed by atoms with Crippen molar-refractivity contribution in [3.8, 4) is 0 Å². The minimum absolute atomic E-state index is 0.508. The Balaban J connectivity index is 0.000000381. The summed E-state index contributed by atoms with van der Waals surface area (Å²) >= 11 is 0. The maximum Gasteiger partial charge on any atom is 0.0365 e. The van der Waals surface area contributed by atoms with Gasteiger partial charge in [0.05, 0.1) is 0 Å². The summed E-state index contributed by atoms with van der Waals surface area (Å²) in [6.07, 6.45) is 14.3. The van der Waals surface area contributed by atoms with Crippen LogP contribution in [0.25, 0.3) is 0 Å². The molecule has 0 aromatic rings. The second-order valence-electron chi connectivity index (χ2n) is 5.87. The largest absolute Gasteiger partial charge is 0.351 e. The molecule has 2 heterocycles. The Kier molecular flexibility index (Phi) is 9.80. The number of likely N-dealkylation sites (N-methyl/N-ethyl adjacent to an activating group) is 1. The zero-order valence-corrected chi connectivity index (χ0v) is 16.0. The third-order valence-electron chi connectivity index (χ3n) is 3.50. The fourth-order valence-corrected chi connectivity index (χ4v) is 2.19. The summed E-state index contributed by atoms with van der Waals surface area (Å²) in [6.45, 7) is 20.6. The van der Waals surface area contributed by atoms with Gasteiger partial charge in [-0.25, -0.2) is 0 Å². The summed E-state index contributed by atoms with van der Waals surface area (Å²) in [6, 6.07) is 0.508. The van der Waals surface area contributed by atoms with Crippen molar-refractivity contribution in [2.75, 3.05) is 7.05 Å². The van der Waals surface area contributed by atoms with Gasteiger partial charge in [-0.3, -0.25) is 0 Å². The molecule has 2 aliphatic rings. The van der Waals surface area contributed by atoms with Gasteiger partial charge in [0.25, 0.3) is 0 Å². The molecule has 23 heavy (non-hydrogen) atoms. The molecule has 0 aliphatic carbocycles. The number of nitrogens with zero attached hydrogens (tertiary/aromatic N) is 2. The van der Waals surface area contributed by atoms with Crippen molar-refractivity contribution in [2.45, 2.75) is 47.6 Å². The quantitative estimate of drug-likeness (QED) is 0.629. The van der Waals surface area contributed by atoms with Crippen LogP contribution < -0.4 is 0 Å². The molecular formula is C21H34N2. The number of allylic oxidation sites excluding steroid dienone is 6. The molecule has 0 saturated carbocycles. The summed E-state index contributed by atoms with van der Waals surface area (Å²) < 4.78 is 0. The number of rotatable bonds is 2. The van der Waals surface area contributed by atoms with Crippen LogP contribution in [-0.2, 0) is 0 Å². The van der Waals surface area contributed by atoms with Crippen molar-refractivity contribution in [3.63, 3.8) is 0 Å². The Hall–Kier alpha value is -1.96.